The van der Waals surface area contributed by atoms with Crippen molar-refractivity contribution in [3.63, 3.8) is 0 Å². The number of hydrogen-bond donors (Lipinski definition) is 2. The third-order valence-electron chi connectivity index (χ3n) is 2.35. The van der Waals surface area contributed by atoms with Gasteiger partial charge in [-0.1, -0.05) is 0 Å². The van der Waals surface area contributed by atoms with Crippen molar-refractivity contribution in [2.24, 2.45) is 0 Å². The first-order valence-electron chi connectivity index (χ1n) is 4.28. The van der Waals surface area contributed by atoms with Crippen molar-refractivity contribution < 1.29 is 9.90 Å². The molecular weight excluding hydrogens is 170 g/mol. The summed E-state index contributed by atoms with van der Waals surface area (Å²) < 4.78 is 1.80. The predicted molar refractivity (Wildman–Crippen MR) is 46.5 cm³/mol. The maximum absolute atomic E-state index is 10.8. The molecule has 0 saturated heterocycles. The van der Waals surface area contributed by atoms with Crippen LogP contribution in [0.1, 0.15) is 29.0 Å². The molecule has 2 heterocycles. The molecule has 1 aliphatic rings. The lowest BCUT2D eigenvalue weighted by Crippen LogP contribution is -2.14. The molecule has 0 amide bonds. The number of aromatic nitrogens is 2. The van der Waals surface area contributed by atoms with Crippen LogP contribution in [0, 0.1) is 0 Å². The van der Waals surface area contributed by atoms with Gasteiger partial charge < -0.3 is 15.4 Å². The van der Waals surface area contributed by atoms with Gasteiger partial charge >= 0.3 is 5.97 Å². The smallest absolute Gasteiger partial charge is 0.356 e. The first-order valence-corrected chi connectivity index (χ1v) is 4.28. The van der Waals surface area contributed by atoms with Crippen LogP contribution < -0.4 is 5.73 Å². The van der Waals surface area contributed by atoms with Crippen LogP contribution in [0.2, 0.25) is 0 Å². The lowest BCUT2D eigenvalue weighted by atomic mass is 10.1. The molecule has 0 aromatic carbocycles. The zero-order valence-electron chi connectivity index (χ0n) is 7.16. The highest BCUT2D eigenvalue weighted by Crippen LogP contribution is 2.21. The molecule has 1 aliphatic heterocycles. The number of anilines is 1. The van der Waals surface area contributed by atoms with E-state index in [1.165, 1.54) is 0 Å². The van der Waals surface area contributed by atoms with E-state index in [0.29, 0.717) is 5.95 Å². The topological polar surface area (TPSA) is 81.1 Å². The number of rotatable bonds is 1. The van der Waals surface area contributed by atoms with E-state index in [4.69, 9.17) is 10.8 Å². The molecule has 0 atom stereocenters. The van der Waals surface area contributed by atoms with Crippen LogP contribution >= 0.6 is 0 Å². The molecule has 0 bridgehead atoms. The van der Waals surface area contributed by atoms with E-state index in [9.17, 15) is 4.79 Å². The third-order valence-corrected chi connectivity index (χ3v) is 2.35. The fourth-order valence-corrected chi connectivity index (χ4v) is 1.74. The molecule has 2 rings (SSSR count). The fraction of sp³-hybridized carbons (Fsp3) is 0.500. The van der Waals surface area contributed by atoms with Crippen LogP contribution in [0.4, 0.5) is 5.95 Å². The molecule has 0 spiro atoms. The minimum Gasteiger partial charge on any atom is -0.476 e. The molecule has 0 aliphatic carbocycles. The molecule has 70 valence electrons. The Balaban J connectivity index is 2.53. The second kappa shape index (κ2) is 2.76. The molecule has 5 nitrogen and oxygen atoms in total. The van der Waals surface area contributed by atoms with Crippen molar-refractivity contribution in [2.45, 2.75) is 25.8 Å². The molecule has 13 heavy (non-hydrogen) atoms. The fourth-order valence-electron chi connectivity index (χ4n) is 1.74. The van der Waals surface area contributed by atoms with Gasteiger partial charge in [-0.2, -0.15) is 0 Å². The Hall–Kier alpha value is -1.52. The summed E-state index contributed by atoms with van der Waals surface area (Å²) >= 11 is 0. The van der Waals surface area contributed by atoms with Crippen molar-refractivity contribution in [3.05, 3.63) is 11.4 Å². The van der Waals surface area contributed by atoms with Gasteiger partial charge in [0.05, 0.1) is 5.69 Å². The van der Waals surface area contributed by atoms with Crippen molar-refractivity contribution in [1.29, 1.82) is 0 Å². The Labute approximate surface area is 75.2 Å². The van der Waals surface area contributed by atoms with Crippen molar-refractivity contribution in [2.75, 3.05) is 5.73 Å². The quantitative estimate of drug-likeness (QED) is 0.661. The summed E-state index contributed by atoms with van der Waals surface area (Å²) in [7, 11) is 0. The largest absolute Gasteiger partial charge is 0.476 e. The van der Waals surface area contributed by atoms with Crippen molar-refractivity contribution >= 4 is 11.9 Å². The Kier molecular flexibility index (Phi) is 1.72. The van der Waals surface area contributed by atoms with Gasteiger partial charge in [0.25, 0.3) is 0 Å². The molecule has 0 saturated carbocycles. The van der Waals surface area contributed by atoms with Crippen LogP contribution in [0.5, 0.6) is 0 Å². The number of carboxylic acids is 1. The number of carboxylic acid groups (broad SMARTS) is 1. The standard InChI is InChI=1S/C8H11N3O2/c9-8-10-6(7(12)13)5-3-1-2-4-11(5)8/h1-4H2,(H2,9,10)(H,12,13). The zero-order valence-corrected chi connectivity index (χ0v) is 7.16. The van der Waals surface area contributed by atoms with Crippen molar-refractivity contribution in [1.82, 2.24) is 9.55 Å². The van der Waals surface area contributed by atoms with E-state index in [1.807, 2.05) is 0 Å². The Bertz CT molecular complexity index is 357. The first-order chi connectivity index (χ1) is 6.20. The summed E-state index contributed by atoms with van der Waals surface area (Å²) in [6, 6.07) is 0. The molecule has 3 N–H and O–H groups in total. The molecular formula is C8H11N3O2. The molecule has 0 fully saturated rings. The number of nitrogens with zero attached hydrogens (tertiary/aromatic N) is 2. The number of aromatic carboxylic acids is 1. The Morgan fingerprint density at radius 1 is 1.54 bits per heavy atom. The monoisotopic (exact) mass is 181 g/mol. The minimum absolute atomic E-state index is 0.122. The first kappa shape index (κ1) is 8.10. The van der Waals surface area contributed by atoms with E-state index in [2.05, 4.69) is 4.98 Å². The second-order valence-corrected chi connectivity index (χ2v) is 3.18. The highest BCUT2D eigenvalue weighted by molar-refractivity contribution is 5.87. The van der Waals surface area contributed by atoms with Gasteiger partial charge in [0.2, 0.25) is 5.95 Å². The molecule has 0 radical (unpaired) electrons. The summed E-state index contributed by atoms with van der Waals surface area (Å²) in [6.07, 6.45) is 2.84. The summed E-state index contributed by atoms with van der Waals surface area (Å²) in [5.74, 6) is -0.658. The number of carbonyl (C=O) groups is 1. The summed E-state index contributed by atoms with van der Waals surface area (Å²) in [4.78, 5) is 14.6. The average Bonchev–Trinajstić information content (AvgIpc) is 2.45. The Morgan fingerprint density at radius 3 is 3.00 bits per heavy atom. The van der Waals surface area contributed by atoms with Gasteiger partial charge in [0.1, 0.15) is 0 Å². The van der Waals surface area contributed by atoms with Gasteiger partial charge in [0, 0.05) is 6.54 Å². The molecule has 5 heteroatoms. The van der Waals surface area contributed by atoms with Gasteiger partial charge in [-0.05, 0) is 19.3 Å². The lowest BCUT2D eigenvalue weighted by molar-refractivity contribution is 0.0689. The van der Waals surface area contributed by atoms with E-state index in [0.717, 1.165) is 31.5 Å². The van der Waals surface area contributed by atoms with Gasteiger partial charge in [-0.15, -0.1) is 0 Å². The number of nitrogens with two attached hydrogens (primary N) is 1. The van der Waals surface area contributed by atoms with E-state index in [-0.39, 0.29) is 5.69 Å². The van der Waals surface area contributed by atoms with Crippen LogP contribution in [0.15, 0.2) is 0 Å². The minimum atomic E-state index is -0.984. The normalized spacial score (nSPS) is 15.4. The average molecular weight is 181 g/mol. The Morgan fingerprint density at radius 2 is 2.31 bits per heavy atom. The van der Waals surface area contributed by atoms with Crippen LogP contribution in [0.25, 0.3) is 0 Å². The second-order valence-electron chi connectivity index (χ2n) is 3.18. The highest BCUT2D eigenvalue weighted by atomic mass is 16.4. The van der Waals surface area contributed by atoms with Crippen LogP contribution in [0.3, 0.4) is 0 Å². The van der Waals surface area contributed by atoms with E-state index >= 15 is 0 Å². The van der Waals surface area contributed by atoms with Crippen molar-refractivity contribution in [3.8, 4) is 0 Å². The van der Waals surface area contributed by atoms with Gasteiger partial charge in [0.15, 0.2) is 5.69 Å². The molecule has 1 aromatic rings. The maximum atomic E-state index is 10.8. The highest BCUT2D eigenvalue weighted by Gasteiger charge is 2.22. The summed E-state index contributed by atoms with van der Waals surface area (Å²) in [5, 5.41) is 8.82. The number of nitrogen functional groups attached to an aromatic ring is 1. The van der Waals surface area contributed by atoms with E-state index in [1.54, 1.807) is 4.57 Å². The van der Waals surface area contributed by atoms with Gasteiger partial charge in [-0.3, -0.25) is 0 Å². The predicted octanol–water partition coefficient (Wildman–Crippen LogP) is 0.500. The van der Waals surface area contributed by atoms with Crippen LogP contribution in [-0.4, -0.2) is 20.6 Å². The van der Waals surface area contributed by atoms with Gasteiger partial charge in [-0.25, -0.2) is 9.78 Å². The molecule has 0 unspecified atom stereocenters. The third kappa shape index (κ3) is 1.16. The summed E-state index contributed by atoms with van der Waals surface area (Å²) in [6.45, 7) is 0.793. The SMILES string of the molecule is Nc1nc(C(=O)O)c2n1CCCC2. The molecule has 1 aromatic heterocycles. The maximum Gasteiger partial charge on any atom is 0.356 e. The van der Waals surface area contributed by atoms with Crippen LogP contribution in [-0.2, 0) is 13.0 Å². The zero-order chi connectivity index (χ0) is 9.42. The number of fused-ring (bicyclic) bond motifs is 1. The lowest BCUT2D eigenvalue weighted by Gasteiger charge is -2.14. The number of hydrogen-bond acceptors (Lipinski definition) is 3. The number of imidazole rings is 1. The summed E-state index contributed by atoms with van der Waals surface area (Å²) in [5.41, 5.74) is 6.49. The van der Waals surface area contributed by atoms with E-state index < -0.39 is 5.97 Å².